The summed E-state index contributed by atoms with van der Waals surface area (Å²) in [6, 6.07) is 25.5. The summed E-state index contributed by atoms with van der Waals surface area (Å²) in [7, 11) is 0. The number of hydrogen-bond donors (Lipinski definition) is 1. The first kappa shape index (κ1) is 19.4. The Kier molecular flexibility index (Phi) is 5.63. The lowest BCUT2D eigenvalue weighted by Crippen LogP contribution is -2.54. The van der Waals surface area contributed by atoms with Crippen LogP contribution in [0.3, 0.4) is 0 Å². The highest BCUT2D eigenvalue weighted by Gasteiger charge is 2.33. The van der Waals surface area contributed by atoms with Crippen molar-refractivity contribution < 1.29 is 5.11 Å². The lowest BCUT2D eigenvalue weighted by atomic mass is 9.94. The monoisotopic (exact) mass is 399 g/mol. The number of fused-ring (bicyclic) bond motifs is 1. The van der Waals surface area contributed by atoms with E-state index in [1.54, 1.807) is 0 Å². The van der Waals surface area contributed by atoms with Gasteiger partial charge in [-0.25, -0.2) is 0 Å². The second-order valence-corrected chi connectivity index (χ2v) is 8.53. The summed E-state index contributed by atoms with van der Waals surface area (Å²) in [5.41, 5.74) is 6.10. The molecule has 0 bridgehead atoms. The van der Waals surface area contributed by atoms with Crippen molar-refractivity contribution in [2.24, 2.45) is 0 Å². The third kappa shape index (κ3) is 4.17. The summed E-state index contributed by atoms with van der Waals surface area (Å²) in [4.78, 5) is 9.69. The summed E-state index contributed by atoms with van der Waals surface area (Å²) in [6.45, 7) is 4.49. The normalized spacial score (nSPS) is 22.6. The molecule has 2 aliphatic rings. The minimum Gasteiger partial charge on any atom is -0.390 e. The average molecular weight is 400 g/mol. The molecule has 0 spiro atoms. The second kappa shape index (κ2) is 8.68. The number of hydrogen-bond acceptors (Lipinski definition) is 4. The van der Waals surface area contributed by atoms with E-state index in [9.17, 15) is 5.11 Å². The van der Waals surface area contributed by atoms with Gasteiger partial charge in [0.05, 0.1) is 17.5 Å². The molecule has 3 aromatic rings. The molecule has 5 rings (SSSR count). The van der Waals surface area contributed by atoms with Crippen LogP contribution in [-0.4, -0.2) is 51.7 Å². The maximum absolute atomic E-state index is 10.9. The highest BCUT2D eigenvalue weighted by Crippen LogP contribution is 2.26. The number of β-amino-alcohol motifs (C(OH)–C–C–N with tert-alkyl or cyclic N) is 1. The fraction of sp³-hybridized carbons (Fsp3) is 0.346. The van der Waals surface area contributed by atoms with Crippen LogP contribution < -0.4 is 0 Å². The highest BCUT2D eigenvalue weighted by atomic mass is 16.3. The zero-order chi connectivity index (χ0) is 20.3. The summed E-state index contributed by atoms with van der Waals surface area (Å²) < 4.78 is 0. The van der Waals surface area contributed by atoms with E-state index in [0.717, 1.165) is 56.0 Å². The molecule has 1 N–H and O–H groups in total. The Hall–Kier alpha value is -2.53. The van der Waals surface area contributed by atoms with Crippen molar-refractivity contribution in [1.29, 1.82) is 0 Å². The van der Waals surface area contributed by atoms with E-state index in [1.807, 2.05) is 18.2 Å². The average Bonchev–Trinajstić information content (AvgIpc) is 2.80. The molecule has 2 aliphatic heterocycles. The van der Waals surface area contributed by atoms with Crippen molar-refractivity contribution in [3.8, 4) is 11.3 Å². The molecule has 2 aromatic carbocycles. The van der Waals surface area contributed by atoms with E-state index in [-0.39, 0.29) is 12.1 Å². The van der Waals surface area contributed by atoms with Crippen molar-refractivity contribution in [3.05, 3.63) is 89.6 Å². The molecule has 30 heavy (non-hydrogen) atoms. The van der Waals surface area contributed by atoms with E-state index in [2.05, 4.69) is 64.4 Å². The Bertz CT molecular complexity index is 990. The lowest BCUT2D eigenvalue weighted by molar-refractivity contribution is -0.0207. The van der Waals surface area contributed by atoms with Crippen LogP contribution in [-0.2, 0) is 19.5 Å². The minimum absolute atomic E-state index is 0.248. The van der Waals surface area contributed by atoms with Gasteiger partial charge in [0.2, 0.25) is 0 Å². The van der Waals surface area contributed by atoms with E-state index >= 15 is 0 Å². The van der Waals surface area contributed by atoms with Gasteiger partial charge in [-0.05, 0) is 36.1 Å². The molecule has 2 unspecified atom stereocenters. The van der Waals surface area contributed by atoms with Crippen molar-refractivity contribution in [2.45, 2.75) is 38.1 Å². The van der Waals surface area contributed by atoms with Crippen LogP contribution in [0.4, 0.5) is 0 Å². The quantitative estimate of drug-likeness (QED) is 0.725. The Morgan fingerprint density at radius 3 is 2.50 bits per heavy atom. The molecule has 1 saturated heterocycles. The summed E-state index contributed by atoms with van der Waals surface area (Å²) in [5, 5.41) is 10.9. The third-order valence-electron chi connectivity index (χ3n) is 6.52. The molecule has 0 saturated carbocycles. The first-order valence-electron chi connectivity index (χ1n) is 11.0. The van der Waals surface area contributed by atoms with Gasteiger partial charge >= 0.3 is 0 Å². The first-order valence-corrected chi connectivity index (χ1v) is 11.0. The number of rotatable bonds is 4. The first-order chi connectivity index (χ1) is 14.8. The number of piperidine rings is 1. The molecule has 2 atom stereocenters. The van der Waals surface area contributed by atoms with Crippen LogP contribution >= 0.6 is 0 Å². The van der Waals surface area contributed by atoms with Crippen molar-refractivity contribution in [1.82, 2.24) is 14.8 Å². The SMILES string of the molecule is OC1CN(Cc2cccc(-c3ccccc3)n2)CCC1N1CCc2ccccc2C1. The smallest absolute Gasteiger partial charge is 0.0822 e. The molecule has 1 fully saturated rings. The van der Waals surface area contributed by atoms with E-state index in [4.69, 9.17) is 4.98 Å². The Morgan fingerprint density at radius 1 is 0.867 bits per heavy atom. The predicted molar refractivity (Wildman–Crippen MR) is 120 cm³/mol. The second-order valence-electron chi connectivity index (χ2n) is 8.53. The maximum Gasteiger partial charge on any atom is 0.0822 e. The van der Waals surface area contributed by atoms with Crippen molar-refractivity contribution >= 4 is 0 Å². The summed E-state index contributed by atoms with van der Waals surface area (Å²) >= 11 is 0. The van der Waals surface area contributed by atoms with Crippen LogP contribution in [0.25, 0.3) is 11.3 Å². The largest absolute Gasteiger partial charge is 0.390 e. The number of pyridine rings is 1. The number of aliphatic hydroxyl groups excluding tert-OH is 1. The van der Waals surface area contributed by atoms with Crippen molar-refractivity contribution in [3.63, 3.8) is 0 Å². The zero-order valence-electron chi connectivity index (χ0n) is 17.3. The van der Waals surface area contributed by atoms with Gasteiger partial charge in [-0.15, -0.1) is 0 Å². The van der Waals surface area contributed by atoms with Crippen LogP contribution in [0.15, 0.2) is 72.8 Å². The standard InChI is InChI=1S/C26H29N3O/c30-26-19-28(18-23-11-6-12-24(27-23)21-8-2-1-3-9-21)15-14-25(26)29-16-13-20-7-4-5-10-22(20)17-29/h1-12,25-26,30H,13-19H2. The number of benzene rings is 2. The van der Waals surface area contributed by atoms with Gasteiger partial charge in [0.25, 0.3) is 0 Å². The predicted octanol–water partition coefficient (Wildman–Crippen LogP) is 3.74. The number of likely N-dealkylation sites (tertiary alicyclic amines) is 1. The number of aromatic nitrogens is 1. The summed E-state index contributed by atoms with van der Waals surface area (Å²) in [5.74, 6) is 0. The van der Waals surface area contributed by atoms with Gasteiger partial charge in [-0.3, -0.25) is 14.8 Å². The summed E-state index contributed by atoms with van der Waals surface area (Å²) in [6.07, 6.45) is 1.77. The van der Waals surface area contributed by atoms with E-state index in [1.165, 1.54) is 11.1 Å². The fourth-order valence-electron chi connectivity index (χ4n) is 4.92. The molecule has 0 aliphatic carbocycles. The van der Waals surface area contributed by atoms with Gasteiger partial charge in [0.1, 0.15) is 0 Å². The van der Waals surface area contributed by atoms with Gasteiger partial charge in [0.15, 0.2) is 0 Å². The van der Waals surface area contributed by atoms with Crippen LogP contribution in [0.5, 0.6) is 0 Å². The molecule has 0 amide bonds. The highest BCUT2D eigenvalue weighted by molar-refractivity contribution is 5.58. The van der Waals surface area contributed by atoms with E-state index < -0.39 is 0 Å². The van der Waals surface area contributed by atoms with Gasteiger partial charge in [0, 0.05) is 44.3 Å². The number of nitrogens with zero attached hydrogens (tertiary/aromatic N) is 3. The Morgan fingerprint density at radius 2 is 1.67 bits per heavy atom. The van der Waals surface area contributed by atoms with E-state index in [0.29, 0.717) is 6.54 Å². The maximum atomic E-state index is 10.9. The molecule has 3 heterocycles. The Labute approximate surface area is 178 Å². The zero-order valence-corrected chi connectivity index (χ0v) is 17.3. The number of aliphatic hydroxyl groups is 1. The van der Waals surface area contributed by atoms with Gasteiger partial charge < -0.3 is 5.11 Å². The third-order valence-corrected chi connectivity index (χ3v) is 6.52. The Balaban J connectivity index is 1.22. The molecule has 1 aromatic heterocycles. The minimum atomic E-state index is -0.318. The van der Waals surface area contributed by atoms with Gasteiger partial charge in [-0.1, -0.05) is 60.7 Å². The molecular formula is C26H29N3O. The molecular weight excluding hydrogens is 370 g/mol. The molecule has 4 nitrogen and oxygen atoms in total. The van der Waals surface area contributed by atoms with Crippen LogP contribution in [0.1, 0.15) is 23.2 Å². The van der Waals surface area contributed by atoms with Crippen LogP contribution in [0, 0.1) is 0 Å². The fourth-order valence-corrected chi connectivity index (χ4v) is 4.92. The molecule has 154 valence electrons. The topological polar surface area (TPSA) is 39.6 Å². The van der Waals surface area contributed by atoms with Crippen molar-refractivity contribution in [2.75, 3.05) is 19.6 Å². The molecule has 0 radical (unpaired) electrons. The molecule has 4 heteroatoms. The van der Waals surface area contributed by atoms with Crippen LogP contribution in [0.2, 0.25) is 0 Å². The van der Waals surface area contributed by atoms with Gasteiger partial charge in [-0.2, -0.15) is 0 Å². The lowest BCUT2D eigenvalue weighted by Gasteiger charge is -2.43.